The molecule has 2 atom stereocenters. The first-order valence-electron chi connectivity index (χ1n) is 11.9. The van der Waals surface area contributed by atoms with Crippen LogP contribution < -0.4 is 5.32 Å². The Morgan fingerprint density at radius 2 is 1.76 bits per heavy atom. The molecule has 186 valence electrons. The molecule has 2 N–H and O–H groups in total. The number of nitrogens with zero attached hydrogens (tertiary/aromatic N) is 1. The van der Waals surface area contributed by atoms with E-state index < -0.39 is 23.7 Å². The van der Waals surface area contributed by atoms with Gasteiger partial charge in [-0.05, 0) is 35.4 Å². The van der Waals surface area contributed by atoms with E-state index in [2.05, 4.69) is 5.32 Å². The van der Waals surface area contributed by atoms with Crippen LogP contribution in [0.1, 0.15) is 65.5 Å². The first-order valence-corrected chi connectivity index (χ1v) is 11.9. The van der Waals surface area contributed by atoms with Crippen LogP contribution in [0.15, 0.2) is 42.5 Å². The van der Waals surface area contributed by atoms with Gasteiger partial charge in [0.15, 0.2) is 11.6 Å². The first-order chi connectivity index (χ1) is 16.1. The van der Waals surface area contributed by atoms with E-state index in [0.717, 1.165) is 12.5 Å². The maximum absolute atomic E-state index is 14.1. The molecule has 1 aliphatic rings. The highest BCUT2D eigenvalue weighted by molar-refractivity contribution is 5.88. The van der Waals surface area contributed by atoms with E-state index >= 15 is 0 Å². The Bertz CT molecular complexity index is 971. The van der Waals surface area contributed by atoms with Crippen molar-refractivity contribution in [3.8, 4) is 11.1 Å². The molecule has 0 spiro atoms. The van der Waals surface area contributed by atoms with Gasteiger partial charge in [-0.2, -0.15) is 0 Å². The number of aliphatic hydroxyl groups excluding tert-OH is 1. The lowest BCUT2D eigenvalue weighted by Gasteiger charge is -2.28. The maximum Gasteiger partial charge on any atom is 0.243 e. The van der Waals surface area contributed by atoms with Crippen molar-refractivity contribution in [1.29, 1.82) is 0 Å². The molecule has 1 aliphatic heterocycles. The molecular weight excluding hydrogens is 438 g/mol. The van der Waals surface area contributed by atoms with Gasteiger partial charge in [0.25, 0.3) is 0 Å². The highest BCUT2D eigenvalue weighted by atomic mass is 19.2. The average Bonchev–Trinajstić information content (AvgIpc) is 3.30. The molecule has 0 aromatic heterocycles. The minimum absolute atomic E-state index is 0.0443. The van der Waals surface area contributed by atoms with Crippen molar-refractivity contribution in [3.63, 3.8) is 0 Å². The lowest BCUT2D eigenvalue weighted by atomic mass is 9.91. The summed E-state index contributed by atoms with van der Waals surface area (Å²) in [5, 5.41) is 12.7. The van der Waals surface area contributed by atoms with Crippen LogP contribution in [-0.2, 0) is 9.59 Å². The molecule has 7 heteroatoms. The zero-order valence-corrected chi connectivity index (χ0v) is 20.7. The van der Waals surface area contributed by atoms with Gasteiger partial charge in [-0.15, -0.1) is 0 Å². The number of carbonyl (C=O) groups is 2. The normalized spacial score (nSPS) is 16.5. The zero-order valence-electron chi connectivity index (χ0n) is 20.7. The first kappa shape index (κ1) is 27.4. The van der Waals surface area contributed by atoms with Crippen molar-refractivity contribution in [2.45, 2.75) is 66.0 Å². The molecule has 34 heavy (non-hydrogen) atoms. The van der Waals surface area contributed by atoms with Crippen molar-refractivity contribution in [3.05, 3.63) is 59.7 Å². The van der Waals surface area contributed by atoms with Crippen LogP contribution in [0.25, 0.3) is 11.1 Å². The van der Waals surface area contributed by atoms with Crippen LogP contribution in [0.5, 0.6) is 0 Å². The Hall–Kier alpha value is -2.80. The number of nitrogens with one attached hydrogen (secondary N) is 1. The third kappa shape index (κ3) is 6.86. The minimum Gasteiger partial charge on any atom is -0.394 e. The number of rotatable bonds is 6. The van der Waals surface area contributed by atoms with Gasteiger partial charge in [0.1, 0.15) is 6.04 Å². The summed E-state index contributed by atoms with van der Waals surface area (Å²) in [7, 11) is 0. The van der Waals surface area contributed by atoms with E-state index in [1.54, 1.807) is 29.2 Å². The molecule has 2 amide bonds. The fraction of sp³-hybridized carbons (Fsp3) is 0.481. The smallest absolute Gasteiger partial charge is 0.243 e. The van der Waals surface area contributed by atoms with Crippen molar-refractivity contribution < 1.29 is 23.5 Å². The molecule has 0 bridgehead atoms. The summed E-state index contributed by atoms with van der Waals surface area (Å²) in [6.07, 6.45) is 1.70. The molecule has 1 saturated heterocycles. The Kier molecular flexibility index (Phi) is 9.74. The molecule has 0 saturated carbocycles. The van der Waals surface area contributed by atoms with Crippen molar-refractivity contribution >= 4 is 11.8 Å². The third-order valence-corrected chi connectivity index (χ3v) is 5.63. The van der Waals surface area contributed by atoms with Crippen LogP contribution in [0.3, 0.4) is 0 Å². The maximum atomic E-state index is 14.1. The number of hydrogen-bond acceptors (Lipinski definition) is 3. The topological polar surface area (TPSA) is 69.6 Å². The lowest BCUT2D eigenvalue weighted by Crippen LogP contribution is -2.48. The number of benzene rings is 2. The van der Waals surface area contributed by atoms with Crippen LogP contribution in [0.2, 0.25) is 0 Å². The number of amides is 2. The van der Waals surface area contributed by atoms with E-state index in [4.69, 9.17) is 0 Å². The van der Waals surface area contributed by atoms with E-state index in [9.17, 15) is 23.5 Å². The number of carbonyl (C=O) groups excluding carboxylic acids is 2. The van der Waals surface area contributed by atoms with E-state index in [1.807, 2.05) is 34.6 Å². The summed E-state index contributed by atoms with van der Waals surface area (Å²) in [5.74, 6) is -2.19. The number of likely N-dealkylation sites (tertiary alicyclic amines) is 1. The summed E-state index contributed by atoms with van der Waals surface area (Å²) < 4.78 is 27.6. The summed E-state index contributed by atoms with van der Waals surface area (Å²) in [5.41, 5.74) is 1.09. The summed E-state index contributed by atoms with van der Waals surface area (Å²) >= 11 is 0. The second kappa shape index (κ2) is 12.1. The predicted molar refractivity (Wildman–Crippen MR) is 130 cm³/mol. The Balaban J connectivity index is 0.00000199. The summed E-state index contributed by atoms with van der Waals surface area (Å²) in [4.78, 5) is 27.2. The number of aliphatic hydroxyl groups is 1. The fourth-order valence-corrected chi connectivity index (χ4v) is 4.02. The second-order valence-electron chi connectivity index (χ2n) is 9.45. The monoisotopic (exact) mass is 474 g/mol. The van der Waals surface area contributed by atoms with Gasteiger partial charge in [-0.3, -0.25) is 9.59 Å². The Morgan fingerprint density at radius 1 is 1.12 bits per heavy atom. The lowest BCUT2D eigenvalue weighted by molar-refractivity contribution is -0.140. The van der Waals surface area contributed by atoms with Gasteiger partial charge in [0.2, 0.25) is 11.8 Å². The quantitative estimate of drug-likeness (QED) is 0.602. The highest BCUT2D eigenvalue weighted by Gasteiger charge is 2.36. The fourth-order valence-electron chi connectivity index (χ4n) is 4.02. The molecule has 0 aliphatic carbocycles. The third-order valence-electron chi connectivity index (χ3n) is 5.63. The Labute approximate surface area is 201 Å². The second-order valence-corrected chi connectivity index (χ2v) is 9.45. The van der Waals surface area contributed by atoms with Crippen molar-refractivity contribution in [1.82, 2.24) is 10.2 Å². The molecule has 1 fully saturated rings. The largest absolute Gasteiger partial charge is 0.394 e. The Morgan fingerprint density at radius 3 is 2.35 bits per heavy atom. The molecular formula is C27H36F2N2O3. The SMILES string of the molecule is CC.CC(C)(C)CC(=O)N1CCCC1C(=O)NC(CO)c1ccc(-c2cccc(F)c2F)cc1. The molecule has 0 radical (unpaired) electrons. The van der Waals surface area contributed by atoms with Gasteiger partial charge in [-0.25, -0.2) is 8.78 Å². The van der Waals surface area contributed by atoms with E-state index in [-0.39, 0.29) is 29.4 Å². The van der Waals surface area contributed by atoms with Crippen LogP contribution >= 0.6 is 0 Å². The molecule has 2 aromatic rings. The van der Waals surface area contributed by atoms with E-state index in [0.29, 0.717) is 30.5 Å². The molecule has 5 nitrogen and oxygen atoms in total. The predicted octanol–water partition coefficient (Wildman–Crippen LogP) is 5.23. The molecule has 1 heterocycles. The van der Waals surface area contributed by atoms with Gasteiger partial charge < -0.3 is 15.3 Å². The zero-order chi connectivity index (χ0) is 25.5. The van der Waals surface area contributed by atoms with Crippen molar-refractivity contribution in [2.24, 2.45) is 5.41 Å². The standard InChI is InChI=1S/C25H30F2N2O3.C2H6/c1-25(2,3)14-22(31)29-13-5-8-21(29)24(32)28-20(15-30)17-11-9-16(10-12-17)18-6-4-7-19(26)23(18)27;1-2/h4,6-7,9-12,20-21,30H,5,8,13-15H2,1-3H3,(H,28,32);1-2H3. The van der Waals surface area contributed by atoms with Crippen molar-refractivity contribution in [2.75, 3.05) is 13.2 Å². The summed E-state index contributed by atoms with van der Waals surface area (Å²) in [6.45, 7) is 10.2. The van der Waals surface area contributed by atoms with Gasteiger partial charge in [0.05, 0.1) is 12.6 Å². The number of halogens is 2. The van der Waals surface area contributed by atoms with Crippen LogP contribution in [-0.4, -0.2) is 41.0 Å². The molecule has 3 rings (SSSR count). The highest BCUT2D eigenvalue weighted by Crippen LogP contribution is 2.27. The number of hydrogen-bond donors (Lipinski definition) is 2. The van der Waals surface area contributed by atoms with Gasteiger partial charge >= 0.3 is 0 Å². The van der Waals surface area contributed by atoms with Crippen LogP contribution in [0, 0.1) is 17.0 Å². The molecule has 2 aromatic carbocycles. The molecule has 2 unspecified atom stereocenters. The van der Waals surface area contributed by atoms with Crippen LogP contribution in [0.4, 0.5) is 8.78 Å². The summed E-state index contributed by atoms with van der Waals surface area (Å²) in [6, 6.07) is 9.33. The van der Waals surface area contributed by atoms with E-state index in [1.165, 1.54) is 12.1 Å². The minimum atomic E-state index is -0.923. The van der Waals surface area contributed by atoms with Gasteiger partial charge in [-0.1, -0.05) is 71.0 Å². The average molecular weight is 475 g/mol. The van der Waals surface area contributed by atoms with Gasteiger partial charge in [0, 0.05) is 18.5 Å².